The average Bonchev–Trinajstić information content (AvgIpc) is 2.60. The summed E-state index contributed by atoms with van der Waals surface area (Å²) < 4.78 is 20.8. The summed E-state index contributed by atoms with van der Waals surface area (Å²) in [4.78, 5) is 31.9. The minimum Gasteiger partial charge on any atom is -0.481 e. The minimum atomic E-state index is -1.34. The van der Waals surface area contributed by atoms with Gasteiger partial charge in [0.25, 0.3) is 0 Å². The zero-order valence-electron chi connectivity index (χ0n) is 15.6. The van der Waals surface area contributed by atoms with Crippen LogP contribution in [0.2, 0.25) is 0 Å². The van der Waals surface area contributed by atoms with E-state index in [0.717, 1.165) is 0 Å². The molecule has 0 aliphatic heterocycles. The topological polar surface area (TPSA) is 117 Å². The zero-order valence-corrected chi connectivity index (χ0v) is 15.6. The number of benzene rings is 1. The molecule has 0 saturated heterocycles. The summed E-state index contributed by atoms with van der Waals surface area (Å²) in [5, 5.41) is 9.58. The Hall–Kier alpha value is -3.36. The van der Waals surface area contributed by atoms with Gasteiger partial charge in [-0.1, -0.05) is 6.07 Å². The van der Waals surface area contributed by atoms with Gasteiger partial charge in [-0.2, -0.15) is 9.97 Å². The standard InChI is InChI=1S/C18H20N2O7/c1-18(2,3)16(23)26-10-7-6-8-11(14(10)15(21)22)27-17-19-12(24-4)9-13(20-17)25-5/h6-9H,1-5H3,(H,21,22). The Morgan fingerprint density at radius 1 is 1.00 bits per heavy atom. The normalized spacial score (nSPS) is 10.9. The summed E-state index contributed by atoms with van der Waals surface area (Å²) in [7, 11) is 2.81. The van der Waals surface area contributed by atoms with Crippen molar-refractivity contribution < 1.29 is 33.6 Å². The molecule has 9 nitrogen and oxygen atoms in total. The van der Waals surface area contributed by atoms with Crippen LogP contribution in [-0.2, 0) is 4.79 Å². The Kier molecular flexibility index (Phi) is 5.84. The quantitative estimate of drug-likeness (QED) is 0.599. The molecule has 0 amide bonds. The zero-order chi connectivity index (χ0) is 20.2. The molecule has 0 bridgehead atoms. The molecule has 0 aliphatic rings. The molecule has 0 spiro atoms. The monoisotopic (exact) mass is 376 g/mol. The largest absolute Gasteiger partial charge is 0.481 e. The van der Waals surface area contributed by atoms with Gasteiger partial charge in [0.1, 0.15) is 17.1 Å². The predicted octanol–water partition coefficient (Wildman–Crippen LogP) is 2.94. The number of hydrogen-bond acceptors (Lipinski definition) is 8. The number of esters is 1. The van der Waals surface area contributed by atoms with Gasteiger partial charge in [0.05, 0.1) is 25.7 Å². The van der Waals surface area contributed by atoms with Crippen LogP contribution >= 0.6 is 0 Å². The smallest absolute Gasteiger partial charge is 0.343 e. The van der Waals surface area contributed by atoms with E-state index in [-0.39, 0.29) is 34.8 Å². The number of carboxylic acid groups (broad SMARTS) is 1. The molecule has 1 N–H and O–H groups in total. The Balaban J connectivity index is 2.44. The van der Waals surface area contributed by atoms with Crippen LogP contribution in [-0.4, -0.2) is 41.2 Å². The van der Waals surface area contributed by atoms with Crippen molar-refractivity contribution in [2.75, 3.05) is 14.2 Å². The Morgan fingerprint density at radius 2 is 1.56 bits per heavy atom. The first kappa shape index (κ1) is 20.0. The van der Waals surface area contributed by atoms with Crippen LogP contribution < -0.4 is 18.9 Å². The van der Waals surface area contributed by atoms with E-state index in [9.17, 15) is 14.7 Å². The van der Waals surface area contributed by atoms with Crippen LogP contribution in [0.4, 0.5) is 0 Å². The minimum absolute atomic E-state index is 0.1000. The van der Waals surface area contributed by atoms with E-state index >= 15 is 0 Å². The molecule has 0 radical (unpaired) electrons. The highest BCUT2D eigenvalue weighted by Crippen LogP contribution is 2.33. The first-order chi connectivity index (χ1) is 12.7. The number of nitrogens with zero attached hydrogens (tertiary/aromatic N) is 2. The molecule has 2 rings (SSSR count). The van der Waals surface area contributed by atoms with Crippen LogP contribution in [0.15, 0.2) is 24.3 Å². The second-order valence-corrected chi connectivity index (χ2v) is 6.41. The Bertz CT molecular complexity index is 837. The first-order valence-electron chi connectivity index (χ1n) is 7.89. The van der Waals surface area contributed by atoms with Crippen molar-refractivity contribution in [3.63, 3.8) is 0 Å². The summed E-state index contributed by atoms with van der Waals surface area (Å²) in [5.74, 6) is -1.82. The summed E-state index contributed by atoms with van der Waals surface area (Å²) in [6.45, 7) is 4.98. The molecule has 27 heavy (non-hydrogen) atoms. The molecule has 9 heteroatoms. The highest BCUT2D eigenvalue weighted by Gasteiger charge is 2.27. The fraction of sp³-hybridized carbons (Fsp3) is 0.333. The third-order valence-electron chi connectivity index (χ3n) is 3.30. The molecule has 1 aromatic heterocycles. The van der Waals surface area contributed by atoms with Gasteiger partial charge in [0.15, 0.2) is 0 Å². The summed E-state index contributed by atoms with van der Waals surface area (Å²) in [6.07, 6.45) is 0. The molecular weight excluding hydrogens is 356 g/mol. The fourth-order valence-electron chi connectivity index (χ4n) is 1.88. The molecular formula is C18H20N2O7. The van der Waals surface area contributed by atoms with Gasteiger partial charge in [0, 0.05) is 0 Å². The van der Waals surface area contributed by atoms with E-state index in [4.69, 9.17) is 18.9 Å². The van der Waals surface area contributed by atoms with E-state index < -0.39 is 17.4 Å². The van der Waals surface area contributed by atoms with Crippen molar-refractivity contribution in [1.29, 1.82) is 0 Å². The van der Waals surface area contributed by atoms with Crippen LogP contribution in [0.1, 0.15) is 31.1 Å². The van der Waals surface area contributed by atoms with Crippen molar-refractivity contribution in [3.05, 3.63) is 29.8 Å². The lowest BCUT2D eigenvalue weighted by atomic mass is 9.97. The number of carboxylic acids is 1. The number of carbonyl (C=O) groups is 2. The lowest BCUT2D eigenvalue weighted by Crippen LogP contribution is -2.26. The third-order valence-corrected chi connectivity index (χ3v) is 3.30. The van der Waals surface area contributed by atoms with Crippen molar-refractivity contribution in [2.24, 2.45) is 5.41 Å². The molecule has 144 valence electrons. The maximum Gasteiger partial charge on any atom is 0.343 e. The SMILES string of the molecule is COc1cc(OC)nc(Oc2cccc(OC(=O)C(C)(C)C)c2C(=O)O)n1. The number of methoxy groups -OCH3 is 2. The van der Waals surface area contributed by atoms with Gasteiger partial charge >= 0.3 is 17.9 Å². The molecule has 0 atom stereocenters. The van der Waals surface area contributed by atoms with Crippen molar-refractivity contribution in [1.82, 2.24) is 9.97 Å². The lowest BCUT2D eigenvalue weighted by molar-refractivity contribution is -0.143. The maximum atomic E-state index is 12.1. The molecule has 1 heterocycles. The van der Waals surface area contributed by atoms with Gasteiger partial charge < -0.3 is 24.1 Å². The van der Waals surface area contributed by atoms with Crippen LogP contribution in [0, 0.1) is 5.41 Å². The fourth-order valence-corrected chi connectivity index (χ4v) is 1.88. The maximum absolute atomic E-state index is 12.1. The molecule has 0 aliphatic carbocycles. The van der Waals surface area contributed by atoms with Crippen molar-refractivity contribution in [3.8, 4) is 29.3 Å². The molecule has 0 saturated carbocycles. The number of rotatable bonds is 6. The van der Waals surface area contributed by atoms with Gasteiger partial charge in [-0.05, 0) is 32.9 Å². The summed E-state index contributed by atoms with van der Waals surface area (Å²) in [6, 6.07) is 5.50. The lowest BCUT2D eigenvalue weighted by Gasteiger charge is -2.18. The number of hydrogen-bond donors (Lipinski definition) is 1. The van der Waals surface area contributed by atoms with Crippen molar-refractivity contribution in [2.45, 2.75) is 20.8 Å². The van der Waals surface area contributed by atoms with Gasteiger partial charge in [-0.15, -0.1) is 0 Å². The highest BCUT2D eigenvalue weighted by atomic mass is 16.5. The predicted molar refractivity (Wildman–Crippen MR) is 93.7 cm³/mol. The Morgan fingerprint density at radius 3 is 2.04 bits per heavy atom. The van der Waals surface area contributed by atoms with Gasteiger partial charge in [-0.3, -0.25) is 4.79 Å². The number of aromatic carboxylic acids is 1. The van der Waals surface area contributed by atoms with E-state index in [0.29, 0.717) is 0 Å². The van der Waals surface area contributed by atoms with E-state index in [1.54, 1.807) is 20.8 Å². The van der Waals surface area contributed by atoms with E-state index in [2.05, 4.69) is 9.97 Å². The number of aromatic nitrogens is 2. The van der Waals surface area contributed by atoms with Crippen LogP contribution in [0.3, 0.4) is 0 Å². The molecule has 1 aromatic carbocycles. The second-order valence-electron chi connectivity index (χ2n) is 6.41. The van der Waals surface area contributed by atoms with Gasteiger partial charge in [0.2, 0.25) is 11.8 Å². The van der Waals surface area contributed by atoms with Gasteiger partial charge in [-0.25, -0.2) is 4.79 Å². The van der Waals surface area contributed by atoms with Crippen LogP contribution in [0.25, 0.3) is 0 Å². The highest BCUT2D eigenvalue weighted by molar-refractivity contribution is 5.95. The third kappa shape index (κ3) is 4.84. The van der Waals surface area contributed by atoms with Crippen LogP contribution in [0.5, 0.6) is 29.3 Å². The number of carbonyl (C=O) groups excluding carboxylic acids is 1. The van der Waals surface area contributed by atoms with E-state index in [1.165, 1.54) is 38.5 Å². The first-order valence-corrected chi connectivity index (χ1v) is 7.89. The molecule has 0 fully saturated rings. The average molecular weight is 376 g/mol. The molecule has 0 unspecified atom stereocenters. The molecule has 2 aromatic rings. The van der Waals surface area contributed by atoms with E-state index in [1.807, 2.05) is 0 Å². The second kappa shape index (κ2) is 7.90. The summed E-state index contributed by atoms with van der Waals surface area (Å²) in [5.41, 5.74) is -1.14. The summed E-state index contributed by atoms with van der Waals surface area (Å²) >= 11 is 0. The number of ether oxygens (including phenoxy) is 4. The Labute approximate surface area is 155 Å². The van der Waals surface area contributed by atoms with Crippen molar-refractivity contribution >= 4 is 11.9 Å².